The summed E-state index contributed by atoms with van der Waals surface area (Å²) < 4.78 is 0. The van der Waals surface area contributed by atoms with Crippen molar-refractivity contribution in [2.45, 2.75) is 26.2 Å². The highest BCUT2D eigenvalue weighted by molar-refractivity contribution is 5.92. The van der Waals surface area contributed by atoms with Crippen molar-refractivity contribution in [3.8, 4) is 6.07 Å². The van der Waals surface area contributed by atoms with Gasteiger partial charge in [0.25, 0.3) is 5.91 Å². The molecule has 1 saturated heterocycles. The first kappa shape index (κ1) is 22.0. The molecule has 0 bridgehead atoms. The van der Waals surface area contributed by atoms with Crippen LogP contribution in [0.3, 0.4) is 0 Å². The molecule has 0 radical (unpaired) electrons. The molecule has 0 spiro atoms. The largest absolute Gasteiger partial charge is 0.369 e. The smallest absolute Gasteiger partial charge is 0.320 e. The van der Waals surface area contributed by atoms with Gasteiger partial charge in [0.1, 0.15) is 23.9 Å². The van der Waals surface area contributed by atoms with Crippen molar-refractivity contribution >= 4 is 23.4 Å². The monoisotopic (exact) mass is 422 g/mol. The molecule has 1 fully saturated rings. The number of hydrogen-bond acceptors (Lipinski definition) is 7. The summed E-state index contributed by atoms with van der Waals surface area (Å²) in [6.07, 6.45) is 4.13. The Balaban J connectivity index is 1.60. The quantitative estimate of drug-likeness (QED) is 0.644. The van der Waals surface area contributed by atoms with Gasteiger partial charge in [-0.2, -0.15) is 5.26 Å². The molecule has 10 nitrogen and oxygen atoms in total. The van der Waals surface area contributed by atoms with Gasteiger partial charge in [-0.3, -0.25) is 10.1 Å². The van der Waals surface area contributed by atoms with E-state index in [2.05, 4.69) is 41.9 Å². The van der Waals surface area contributed by atoms with Crippen LogP contribution in [0.5, 0.6) is 0 Å². The van der Waals surface area contributed by atoms with Gasteiger partial charge in [0.05, 0.1) is 5.69 Å². The lowest BCUT2D eigenvalue weighted by Gasteiger charge is -2.33. The van der Waals surface area contributed by atoms with Crippen molar-refractivity contribution in [2.75, 3.05) is 36.9 Å². The first-order chi connectivity index (χ1) is 15.0. The van der Waals surface area contributed by atoms with Gasteiger partial charge < -0.3 is 15.5 Å². The molecule has 2 aromatic heterocycles. The van der Waals surface area contributed by atoms with Crippen LogP contribution in [-0.4, -0.2) is 53.6 Å². The zero-order chi connectivity index (χ0) is 22.2. The summed E-state index contributed by atoms with van der Waals surface area (Å²) in [5, 5.41) is 17.4. The Labute approximate surface area is 181 Å². The van der Waals surface area contributed by atoms with Gasteiger partial charge in [0, 0.05) is 38.4 Å². The number of hydrogen-bond donors (Lipinski definition) is 3. The van der Waals surface area contributed by atoms with Crippen LogP contribution in [-0.2, 0) is 6.42 Å². The van der Waals surface area contributed by atoms with Crippen LogP contribution in [0.25, 0.3) is 0 Å². The number of piperidine rings is 1. The second-order valence-corrected chi connectivity index (χ2v) is 7.27. The minimum Gasteiger partial charge on any atom is -0.369 e. The van der Waals surface area contributed by atoms with Crippen LogP contribution in [0.1, 0.15) is 41.6 Å². The van der Waals surface area contributed by atoms with Crippen molar-refractivity contribution in [1.82, 2.24) is 25.6 Å². The van der Waals surface area contributed by atoms with E-state index < -0.39 is 0 Å². The maximum Gasteiger partial charge on any atom is 0.320 e. The van der Waals surface area contributed by atoms with Gasteiger partial charge in [-0.15, -0.1) is 0 Å². The molecular formula is C21H26N8O2. The number of carbonyl (C=O) groups is 2. The lowest BCUT2D eigenvalue weighted by atomic mass is 9.91. The van der Waals surface area contributed by atoms with Crippen molar-refractivity contribution in [1.29, 1.82) is 5.26 Å². The predicted octanol–water partition coefficient (Wildman–Crippen LogP) is 1.70. The third kappa shape index (κ3) is 5.66. The average Bonchev–Trinajstić information content (AvgIpc) is 2.79. The number of aromatic nitrogens is 3. The summed E-state index contributed by atoms with van der Waals surface area (Å²) in [6, 6.07) is 7.06. The zero-order valence-corrected chi connectivity index (χ0v) is 17.7. The fourth-order valence-electron chi connectivity index (χ4n) is 3.62. The van der Waals surface area contributed by atoms with E-state index in [4.69, 9.17) is 0 Å². The molecule has 1 aliphatic heterocycles. The molecule has 3 heterocycles. The number of rotatable bonds is 6. The molecule has 10 heteroatoms. The summed E-state index contributed by atoms with van der Waals surface area (Å²) in [5.74, 6) is 0.606. The van der Waals surface area contributed by atoms with Crippen molar-refractivity contribution in [3.63, 3.8) is 0 Å². The fourth-order valence-corrected chi connectivity index (χ4v) is 3.62. The van der Waals surface area contributed by atoms with E-state index in [0.29, 0.717) is 18.3 Å². The number of nitrogens with one attached hydrogen (secondary N) is 3. The predicted molar refractivity (Wildman–Crippen MR) is 116 cm³/mol. The molecule has 0 aliphatic carbocycles. The molecule has 0 saturated carbocycles. The summed E-state index contributed by atoms with van der Waals surface area (Å²) in [5.41, 5.74) is 2.13. The number of nitrogens with zero attached hydrogens (tertiary/aromatic N) is 5. The van der Waals surface area contributed by atoms with Gasteiger partial charge >= 0.3 is 6.03 Å². The van der Waals surface area contributed by atoms with Crippen LogP contribution in [0.15, 0.2) is 24.5 Å². The summed E-state index contributed by atoms with van der Waals surface area (Å²) >= 11 is 0. The number of urea groups is 1. The van der Waals surface area contributed by atoms with E-state index in [1.54, 1.807) is 18.2 Å². The molecule has 162 valence electrons. The minimum atomic E-state index is -0.312. The molecule has 0 unspecified atom stereocenters. The van der Waals surface area contributed by atoms with Gasteiger partial charge in [0.15, 0.2) is 5.69 Å². The standard InChI is InChI=1S/C21H26N8O2/c1-3-24-21(31)28-19-11-15(25-13-26-19)10-14-6-8-29(9-7-14)18-5-4-16(20(30)23-2)27-17(18)12-22/h4-5,11,13-14H,3,6-10H2,1-2H3,(H,23,30)(H2,24,25,26,28,31). The highest BCUT2D eigenvalue weighted by Gasteiger charge is 2.23. The van der Waals surface area contributed by atoms with E-state index in [1.807, 2.05) is 6.92 Å². The number of anilines is 2. The highest BCUT2D eigenvalue weighted by atomic mass is 16.2. The van der Waals surface area contributed by atoms with Crippen molar-refractivity contribution in [2.24, 2.45) is 5.92 Å². The minimum absolute atomic E-state index is 0.235. The van der Waals surface area contributed by atoms with E-state index in [-0.39, 0.29) is 23.3 Å². The third-order valence-corrected chi connectivity index (χ3v) is 5.20. The highest BCUT2D eigenvalue weighted by Crippen LogP contribution is 2.27. The Bertz CT molecular complexity index is 980. The van der Waals surface area contributed by atoms with Crippen LogP contribution in [0.4, 0.5) is 16.3 Å². The average molecular weight is 422 g/mol. The van der Waals surface area contributed by atoms with Crippen LogP contribution in [0.2, 0.25) is 0 Å². The lowest BCUT2D eigenvalue weighted by molar-refractivity contribution is 0.0958. The van der Waals surface area contributed by atoms with E-state index in [9.17, 15) is 14.9 Å². The Kier molecular flexibility index (Phi) is 7.32. The number of amides is 3. The summed E-state index contributed by atoms with van der Waals surface area (Å²) in [4.78, 5) is 38.2. The van der Waals surface area contributed by atoms with E-state index in [0.717, 1.165) is 43.7 Å². The Hall–Kier alpha value is -3.74. The molecule has 3 amide bonds. The summed E-state index contributed by atoms with van der Waals surface area (Å²) in [6.45, 7) is 3.97. The molecule has 1 aliphatic rings. The normalized spacial score (nSPS) is 13.9. The second kappa shape index (κ2) is 10.3. The second-order valence-electron chi connectivity index (χ2n) is 7.27. The number of carbonyl (C=O) groups excluding carboxylic acids is 2. The Morgan fingerprint density at radius 3 is 2.71 bits per heavy atom. The maximum absolute atomic E-state index is 11.8. The van der Waals surface area contributed by atoms with Gasteiger partial charge in [0.2, 0.25) is 0 Å². The molecule has 0 aromatic carbocycles. The molecule has 31 heavy (non-hydrogen) atoms. The Morgan fingerprint density at radius 2 is 2.03 bits per heavy atom. The topological polar surface area (TPSA) is 136 Å². The van der Waals surface area contributed by atoms with Crippen LogP contribution >= 0.6 is 0 Å². The third-order valence-electron chi connectivity index (χ3n) is 5.20. The number of pyridine rings is 1. The Morgan fingerprint density at radius 1 is 1.26 bits per heavy atom. The molecular weight excluding hydrogens is 396 g/mol. The van der Waals surface area contributed by atoms with Gasteiger partial charge in [-0.05, 0) is 44.2 Å². The SMILES string of the molecule is CCNC(=O)Nc1cc(CC2CCN(c3ccc(C(=O)NC)nc3C#N)CC2)ncn1. The van der Waals surface area contributed by atoms with E-state index >= 15 is 0 Å². The lowest BCUT2D eigenvalue weighted by Crippen LogP contribution is -2.35. The molecule has 3 N–H and O–H groups in total. The van der Waals surface area contributed by atoms with Crippen molar-refractivity contribution in [3.05, 3.63) is 41.6 Å². The van der Waals surface area contributed by atoms with Crippen LogP contribution in [0, 0.1) is 17.2 Å². The number of nitriles is 1. The summed E-state index contributed by atoms with van der Waals surface area (Å²) in [7, 11) is 1.53. The zero-order valence-electron chi connectivity index (χ0n) is 17.7. The van der Waals surface area contributed by atoms with Crippen molar-refractivity contribution < 1.29 is 9.59 Å². The first-order valence-electron chi connectivity index (χ1n) is 10.3. The molecule has 2 aromatic rings. The van der Waals surface area contributed by atoms with Gasteiger partial charge in [-0.25, -0.2) is 19.7 Å². The van der Waals surface area contributed by atoms with Gasteiger partial charge in [-0.1, -0.05) is 0 Å². The first-order valence-corrected chi connectivity index (χ1v) is 10.3. The molecule has 3 rings (SSSR count). The van der Waals surface area contributed by atoms with Crippen LogP contribution < -0.4 is 20.9 Å². The molecule has 0 atom stereocenters. The van der Waals surface area contributed by atoms with E-state index in [1.165, 1.54) is 13.4 Å². The fraction of sp³-hybridized carbons (Fsp3) is 0.429. The maximum atomic E-state index is 11.8.